The molecule has 2 unspecified atom stereocenters. The fraction of sp³-hybridized carbons (Fsp3) is 0.905. The molecule has 2 saturated carbocycles. The van der Waals surface area contributed by atoms with Crippen LogP contribution in [0.4, 0.5) is 0 Å². The van der Waals surface area contributed by atoms with Crippen LogP contribution in [0.1, 0.15) is 65.2 Å². The van der Waals surface area contributed by atoms with Gasteiger partial charge in [0.1, 0.15) is 3.42 Å². The maximum atomic E-state index is 13.2. The zero-order valence-electron chi connectivity index (χ0n) is 17.2. The molecule has 2 atom stereocenters. The molecular formula is C21H31IO7. The Hall–Kier alpha value is -0.290. The maximum Gasteiger partial charge on any atom is 0.321 e. The van der Waals surface area contributed by atoms with Crippen molar-refractivity contribution in [1.29, 1.82) is 0 Å². The molecule has 4 rings (SSSR count). The molecule has 0 aromatic carbocycles. The highest BCUT2D eigenvalue weighted by atomic mass is 127. The summed E-state index contributed by atoms with van der Waals surface area (Å²) in [5, 5.41) is 0. The number of rotatable bonds is 6. The molecule has 164 valence electrons. The van der Waals surface area contributed by atoms with E-state index < -0.39 is 39.1 Å². The highest BCUT2D eigenvalue weighted by Gasteiger charge is 2.54. The molecule has 2 aliphatic carbocycles. The summed E-state index contributed by atoms with van der Waals surface area (Å²) < 4.78 is 29.3. The van der Waals surface area contributed by atoms with Crippen LogP contribution in [0.25, 0.3) is 0 Å². The summed E-state index contributed by atoms with van der Waals surface area (Å²) in [5.74, 6) is -2.29. The van der Waals surface area contributed by atoms with Crippen molar-refractivity contribution < 1.29 is 33.3 Å². The first-order valence-corrected chi connectivity index (χ1v) is 11.8. The van der Waals surface area contributed by atoms with Crippen LogP contribution in [-0.2, 0) is 33.3 Å². The van der Waals surface area contributed by atoms with Gasteiger partial charge in [0, 0.05) is 25.7 Å². The van der Waals surface area contributed by atoms with Gasteiger partial charge in [-0.15, -0.1) is 0 Å². The zero-order valence-corrected chi connectivity index (χ0v) is 19.4. The molecule has 8 heteroatoms. The fourth-order valence-corrected chi connectivity index (χ4v) is 5.08. The molecule has 2 spiro atoms. The zero-order chi connectivity index (χ0) is 20.7. The predicted octanol–water partition coefficient (Wildman–Crippen LogP) is 3.30. The Morgan fingerprint density at radius 2 is 1.41 bits per heavy atom. The van der Waals surface area contributed by atoms with E-state index in [1.165, 1.54) is 0 Å². The van der Waals surface area contributed by atoms with E-state index in [1.807, 2.05) is 22.6 Å². The number of esters is 1. The normalized spacial score (nSPS) is 31.6. The third-order valence-corrected chi connectivity index (χ3v) is 6.93. The van der Waals surface area contributed by atoms with E-state index in [9.17, 15) is 9.59 Å². The van der Waals surface area contributed by atoms with Crippen LogP contribution in [-0.4, -0.2) is 58.8 Å². The van der Waals surface area contributed by atoms with Crippen molar-refractivity contribution in [3.63, 3.8) is 0 Å². The Balaban J connectivity index is 1.47. The fourth-order valence-electron chi connectivity index (χ4n) is 4.92. The number of Topliss-reactive ketones (excluding diaryl/α,β-unsaturated/α-hetero) is 1. The molecule has 29 heavy (non-hydrogen) atoms. The molecule has 4 aliphatic rings. The summed E-state index contributed by atoms with van der Waals surface area (Å²) >= 11 is 2.01. The predicted molar refractivity (Wildman–Crippen MR) is 112 cm³/mol. The monoisotopic (exact) mass is 522 g/mol. The Kier molecular flexibility index (Phi) is 6.30. The number of carbonyl (C=O) groups is 2. The summed E-state index contributed by atoms with van der Waals surface area (Å²) in [6.07, 6.45) is 6.89. The number of hydrogen-bond donors (Lipinski definition) is 0. The maximum absolute atomic E-state index is 13.2. The van der Waals surface area contributed by atoms with Gasteiger partial charge in [-0.25, -0.2) is 0 Å². The van der Waals surface area contributed by atoms with Gasteiger partial charge in [0.15, 0.2) is 24.0 Å². The highest BCUT2D eigenvalue weighted by molar-refractivity contribution is 14.1. The first kappa shape index (κ1) is 21.9. The third-order valence-electron chi connectivity index (χ3n) is 6.49. The molecule has 2 heterocycles. The molecule has 0 radical (unpaired) electrons. The number of ether oxygens (including phenoxy) is 5. The average molecular weight is 522 g/mol. The lowest BCUT2D eigenvalue weighted by Gasteiger charge is -2.29. The van der Waals surface area contributed by atoms with E-state index in [-0.39, 0.29) is 12.4 Å². The van der Waals surface area contributed by atoms with E-state index in [0.717, 1.165) is 51.4 Å². The van der Waals surface area contributed by atoms with Crippen LogP contribution in [0.15, 0.2) is 0 Å². The second kappa shape index (κ2) is 8.33. The minimum Gasteiger partial charge on any atom is -0.457 e. The summed E-state index contributed by atoms with van der Waals surface area (Å²) in [4.78, 5) is 25.4. The van der Waals surface area contributed by atoms with Crippen molar-refractivity contribution in [2.45, 2.75) is 92.4 Å². The minimum absolute atomic E-state index is 0.189. The molecule has 4 fully saturated rings. The standard InChI is InChI=1S/C21H31IO7/c1-19(2,22)18(24)25-11-14(23)17(15-12-26-20(28-15)7-3-4-8-20)16-13-27-21(29-16)9-5-6-10-21/h15-17H,3-13H2,1-2H3. The summed E-state index contributed by atoms with van der Waals surface area (Å²) in [5.41, 5.74) is 0. The largest absolute Gasteiger partial charge is 0.457 e. The Morgan fingerprint density at radius 1 is 0.966 bits per heavy atom. The highest BCUT2D eigenvalue weighted by Crippen LogP contribution is 2.45. The lowest BCUT2D eigenvalue weighted by Crippen LogP contribution is -2.44. The van der Waals surface area contributed by atoms with Crippen molar-refractivity contribution in [2.24, 2.45) is 5.92 Å². The molecule has 0 bridgehead atoms. The van der Waals surface area contributed by atoms with Crippen molar-refractivity contribution in [3.05, 3.63) is 0 Å². The minimum atomic E-state index is -0.685. The molecule has 0 aromatic heterocycles. The summed E-state index contributed by atoms with van der Waals surface area (Å²) in [6, 6.07) is 0. The smallest absolute Gasteiger partial charge is 0.321 e. The summed E-state index contributed by atoms with van der Waals surface area (Å²) in [7, 11) is 0. The van der Waals surface area contributed by atoms with E-state index in [4.69, 9.17) is 23.7 Å². The van der Waals surface area contributed by atoms with Crippen LogP contribution in [0.3, 0.4) is 0 Å². The average Bonchev–Trinajstić information content (AvgIpc) is 3.45. The number of ketones is 1. The second-order valence-electron chi connectivity index (χ2n) is 9.21. The molecule has 7 nitrogen and oxygen atoms in total. The van der Waals surface area contributed by atoms with E-state index in [2.05, 4.69) is 0 Å². The van der Waals surface area contributed by atoms with Gasteiger partial charge in [0.25, 0.3) is 0 Å². The Morgan fingerprint density at radius 3 is 1.83 bits per heavy atom. The number of hydrogen-bond acceptors (Lipinski definition) is 7. The van der Waals surface area contributed by atoms with Gasteiger partial charge in [-0.05, 0) is 39.5 Å². The first-order valence-electron chi connectivity index (χ1n) is 10.7. The van der Waals surface area contributed by atoms with Gasteiger partial charge >= 0.3 is 5.97 Å². The van der Waals surface area contributed by atoms with Crippen LogP contribution in [0.5, 0.6) is 0 Å². The molecule has 0 N–H and O–H groups in total. The summed E-state index contributed by atoms with van der Waals surface area (Å²) in [6.45, 7) is 3.94. The van der Waals surface area contributed by atoms with Crippen molar-refractivity contribution in [1.82, 2.24) is 0 Å². The van der Waals surface area contributed by atoms with Crippen LogP contribution < -0.4 is 0 Å². The van der Waals surface area contributed by atoms with E-state index >= 15 is 0 Å². The van der Waals surface area contributed by atoms with Gasteiger partial charge < -0.3 is 23.7 Å². The van der Waals surface area contributed by atoms with Crippen molar-refractivity contribution >= 4 is 34.3 Å². The van der Waals surface area contributed by atoms with Crippen LogP contribution in [0, 0.1) is 5.92 Å². The van der Waals surface area contributed by atoms with E-state index in [1.54, 1.807) is 13.8 Å². The molecule has 0 amide bonds. The lowest BCUT2D eigenvalue weighted by atomic mass is 9.92. The first-order chi connectivity index (χ1) is 13.7. The van der Waals surface area contributed by atoms with Gasteiger partial charge in [0.2, 0.25) is 0 Å². The number of alkyl halides is 1. The molecule has 2 aliphatic heterocycles. The van der Waals surface area contributed by atoms with Gasteiger partial charge in [-0.1, -0.05) is 22.6 Å². The van der Waals surface area contributed by atoms with Gasteiger partial charge in [0.05, 0.1) is 31.3 Å². The van der Waals surface area contributed by atoms with E-state index in [0.29, 0.717) is 13.2 Å². The Labute approximate surface area is 185 Å². The number of carbonyl (C=O) groups excluding carboxylic acids is 2. The topological polar surface area (TPSA) is 80.3 Å². The lowest BCUT2D eigenvalue weighted by molar-refractivity contribution is -0.189. The van der Waals surface area contributed by atoms with Crippen LogP contribution >= 0.6 is 22.6 Å². The van der Waals surface area contributed by atoms with Crippen LogP contribution in [0.2, 0.25) is 0 Å². The second-order valence-corrected chi connectivity index (χ2v) is 11.9. The molecular weight excluding hydrogens is 491 g/mol. The molecule has 0 aromatic rings. The Bertz CT molecular complexity index is 597. The van der Waals surface area contributed by atoms with Crippen molar-refractivity contribution in [3.8, 4) is 0 Å². The SMILES string of the molecule is CC(C)(I)C(=O)OCC(=O)C(C1COC2(CCCC2)O1)C1COC2(CCCC2)O1. The molecule has 2 saturated heterocycles. The quantitative estimate of drug-likeness (QED) is 0.301. The number of halogens is 1. The van der Waals surface area contributed by atoms with Crippen molar-refractivity contribution in [2.75, 3.05) is 19.8 Å². The van der Waals surface area contributed by atoms with Gasteiger partial charge in [-0.2, -0.15) is 0 Å². The van der Waals surface area contributed by atoms with Gasteiger partial charge in [-0.3, -0.25) is 9.59 Å². The third kappa shape index (κ3) is 4.66.